The van der Waals surface area contributed by atoms with Crippen molar-refractivity contribution in [1.29, 1.82) is 0 Å². The summed E-state index contributed by atoms with van der Waals surface area (Å²) in [6, 6.07) is 23.0. The molecular formula is C22H16N2O5. The van der Waals surface area contributed by atoms with Gasteiger partial charge in [-0.05, 0) is 42.5 Å². The van der Waals surface area contributed by atoms with Gasteiger partial charge >= 0.3 is 11.7 Å². The molecule has 29 heavy (non-hydrogen) atoms. The molecular weight excluding hydrogens is 372 g/mol. The standard InChI is InChI=1S/C22H16N2O5/c25-22-19-9-5-4-8-18(19)21(29-22)20(24(26)27)14-23-15-10-12-17(13-11-15)28-16-6-2-1-3-7-16/h1-14,21,23H/b20-14+/t21-/m0/s1. The number of rotatable bonds is 6. The van der Waals surface area contributed by atoms with Crippen LogP contribution in [0.3, 0.4) is 0 Å². The van der Waals surface area contributed by atoms with Crippen LogP contribution in [0.4, 0.5) is 5.69 Å². The number of cyclic esters (lactones) is 1. The summed E-state index contributed by atoms with van der Waals surface area (Å²) in [6.07, 6.45) is 0.189. The summed E-state index contributed by atoms with van der Waals surface area (Å²) in [6.45, 7) is 0. The van der Waals surface area contributed by atoms with Gasteiger partial charge in [0.1, 0.15) is 11.5 Å². The predicted octanol–water partition coefficient (Wildman–Crippen LogP) is 4.92. The van der Waals surface area contributed by atoms with Crippen molar-refractivity contribution in [3.63, 3.8) is 0 Å². The highest BCUT2D eigenvalue weighted by molar-refractivity contribution is 5.94. The van der Waals surface area contributed by atoms with E-state index in [4.69, 9.17) is 9.47 Å². The number of anilines is 1. The fraction of sp³-hybridized carbons (Fsp3) is 0.0455. The molecule has 0 amide bonds. The fourth-order valence-corrected chi connectivity index (χ4v) is 2.99. The van der Waals surface area contributed by atoms with Crippen LogP contribution < -0.4 is 10.1 Å². The Morgan fingerprint density at radius 3 is 2.34 bits per heavy atom. The van der Waals surface area contributed by atoms with Gasteiger partial charge in [0.25, 0.3) is 0 Å². The molecule has 0 bridgehead atoms. The number of hydrogen-bond acceptors (Lipinski definition) is 6. The van der Waals surface area contributed by atoms with E-state index in [2.05, 4.69) is 5.32 Å². The Morgan fingerprint density at radius 2 is 1.62 bits per heavy atom. The number of carbonyl (C=O) groups excluding carboxylic acids is 1. The predicted molar refractivity (Wildman–Crippen MR) is 106 cm³/mol. The number of nitrogens with one attached hydrogen (secondary N) is 1. The van der Waals surface area contributed by atoms with Crippen molar-refractivity contribution in [2.24, 2.45) is 0 Å². The molecule has 1 heterocycles. The topological polar surface area (TPSA) is 90.7 Å². The van der Waals surface area contributed by atoms with Gasteiger partial charge in [0.2, 0.25) is 6.10 Å². The molecule has 3 aromatic rings. The van der Waals surface area contributed by atoms with Crippen LogP contribution in [0.5, 0.6) is 11.5 Å². The molecule has 0 spiro atoms. The summed E-state index contributed by atoms with van der Waals surface area (Å²) in [4.78, 5) is 23.0. The van der Waals surface area contributed by atoms with Crippen LogP contribution in [0.1, 0.15) is 22.0 Å². The molecule has 4 rings (SSSR count). The largest absolute Gasteiger partial charge is 0.457 e. The average Bonchev–Trinajstić information content (AvgIpc) is 3.07. The van der Waals surface area contributed by atoms with Gasteiger partial charge in [0, 0.05) is 11.3 Å². The van der Waals surface area contributed by atoms with Crippen LogP contribution in [0.25, 0.3) is 0 Å². The first kappa shape index (κ1) is 18.2. The molecule has 7 heteroatoms. The molecule has 1 aliphatic rings. The maximum absolute atomic E-state index is 12.0. The fourth-order valence-electron chi connectivity index (χ4n) is 2.99. The number of nitro groups is 1. The van der Waals surface area contributed by atoms with Crippen LogP contribution in [-0.2, 0) is 4.74 Å². The van der Waals surface area contributed by atoms with Crippen molar-refractivity contribution < 1.29 is 19.2 Å². The molecule has 0 saturated heterocycles. The third-order valence-electron chi connectivity index (χ3n) is 4.39. The lowest BCUT2D eigenvalue weighted by molar-refractivity contribution is -0.436. The zero-order valence-electron chi connectivity index (χ0n) is 15.1. The summed E-state index contributed by atoms with van der Waals surface area (Å²) < 4.78 is 10.9. The van der Waals surface area contributed by atoms with Crippen molar-refractivity contribution >= 4 is 11.7 Å². The van der Waals surface area contributed by atoms with Crippen molar-refractivity contribution in [3.05, 3.63) is 112 Å². The van der Waals surface area contributed by atoms with E-state index in [1.807, 2.05) is 30.3 Å². The quantitative estimate of drug-likeness (QED) is 0.366. The number of hydrogen-bond donors (Lipinski definition) is 1. The first-order valence-electron chi connectivity index (χ1n) is 8.86. The monoisotopic (exact) mass is 388 g/mol. The number of ether oxygens (including phenoxy) is 2. The van der Waals surface area contributed by atoms with Gasteiger partial charge in [-0.2, -0.15) is 0 Å². The number of fused-ring (bicyclic) bond motifs is 1. The van der Waals surface area contributed by atoms with E-state index in [1.165, 1.54) is 6.20 Å². The maximum Gasteiger partial charge on any atom is 0.339 e. The molecule has 0 radical (unpaired) electrons. The highest BCUT2D eigenvalue weighted by Crippen LogP contribution is 2.36. The van der Waals surface area contributed by atoms with Crippen LogP contribution in [0.15, 0.2) is 90.8 Å². The Balaban J connectivity index is 1.51. The molecule has 1 N–H and O–H groups in total. The SMILES string of the molecule is O=C1O[C@H](/C(=C\Nc2ccc(Oc3ccccc3)cc2)[N+](=O)[O-])c2ccccc21. The lowest BCUT2D eigenvalue weighted by Gasteiger charge is -2.09. The van der Waals surface area contributed by atoms with Gasteiger partial charge in [-0.1, -0.05) is 36.4 Å². The van der Waals surface area contributed by atoms with Gasteiger partial charge in [0.05, 0.1) is 16.7 Å². The molecule has 144 valence electrons. The molecule has 1 atom stereocenters. The molecule has 0 fully saturated rings. The van der Waals surface area contributed by atoms with E-state index in [0.29, 0.717) is 28.3 Å². The van der Waals surface area contributed by atoms with E-state index >= 15 is 0 Å². The molecule has 1 aliphatic heterocycles. The Labute approximate surface area is 166 Å². The van der Waals surface area contributed by atoms with E-state index in [0.717, 1.165) is 0 Å². The summed E-state index contributed by atoms with van der Waals surface area (Å²) in [5.41, 5.74) is 1.19. The van der Waals surface area contributed by atoms with E-state index in [1.54, 1.807) is 48.5 Å². The Kier molecular flexibility index (Phi) is 4.94. The molecule has 0 saturated carbocycles. The smallest absolute Gasteiger partial charge is 0.339 e. The van der Waals surface area contributed by atoms with Gasteiger partial charge in [0.15, 0.2) is 0 Å². The maximum atomic E-state index is 12.0. The Bertz CT molecular complexity index is 1080. The highest BCUT2D eigenvalue weighted by Gasteiger charge is 2.39. The number of benzene rings is 3. The average molecular weight is 388 g/mol. The van der Waals surface area contributed by atoms with Crippen LogP contribution in [0.2, 0.25) is 0 Å². The summed E-state index contributed by atoms with van der Waals surface area (Å²) >= 11 is 0. The summed E-state index contributed by atoms with van der Waals surface area (Å²) in [7, 11) is 0. The van der Waals surface area contributed by atoms with E-state index in [-0.39, 0.29) is 5.70 Å². The number of esters is 1. The van der Waals surface area contributed by atoms with Crippen molar-refractivity contribution in [2.75, 3.05) is 5.32 Å². The minimum Gasteiger partial charge on any atom is -0.457 e. The van der Waals surface area contributed by atoms with Crippen LogP contribution in [-0.4, -0.2) is 10.9 Å². The van der Waals surface area contributed by atoms with Gasteiger partial charge in [-0.25, -0.2) is 4.79 Å². The van der Waals surface area contributed by atoms with Crippen molar-refractivity contribution in [3.8, 4) is 11.5 Å². The molecule has 0 aromatic heterocycles. The minimum atomic E-state index is -1.05. The number of nitrogens with zero attached hydrogens (tertiary/aromatic N) is 1. The van der Waals surface area contributed by atoms with Gasteiger partial charge < -0.3 is 14.8 Å². The second kappa shape index (κ2) is 7.85. The van der Waals surface area contributed by atoms with Crippen molar-refractivity contribution in [1.82, 2.24) is 0 Å². The lowest BCUT2D eigenvalue weighted by Crippen LogP contribution is -2.12. The lowest BCUT2D eigenvalue weighted by atomic mass is 10.0. The summed E-state index contributed by atoms with van der Waals surface area (Å²) in [5.74, 6) is 0.783. The third kappa shape index (κ3) is 3.93. The second-order valence-electron chi connectivity index (χ2n) is 6.28. The van der Waals surface area contributed by atoms with Gasteiger partial charge in [-0.3, -0.25) is 10.1 Å². The second-order valence-corrected chi connectivity index (χ2v) is 6.28. The van der Waals surface area contributed by atoms with Gasteiger partial charge in [-0.15, -0.1) is 0 Å². The van der Waals surface area contributed by atoms with Crippen molar-refractivity contribution in [2.45, 2.75) is 6.10 Å². The third-order valence-corrected chi connectivity index (χ3v) is 4.39. The highest BCUT2D eigenvalue weighted by atomic mass is 16.6. The van der Waals surface area contributed by atoms with E-state index in [9.17, 15) is 14.9 Å². The zero-order valence-corrected chi connectivity index (χ0v) is 15.1. The first-order chi connectivity index (χ1) is 14.1. The summed E-state index contributed by atoms with van der Waals surface area (Å²) in [5, 5.41) is 14.5. The number of carbonyl (C=O) groups is 1. The Morgan fingerprint density at radius 1 is 0.966 bits per heavy atom. The Hall–Kier alpha value is -4.13. The normalized spacial score (nSPS) is 15.4. The molecule has 7 nitrogen and oxygen atoms in total. The number of para-hydroxylation sites is 1. The molecule has 0 unspecified atom stereocenters. The molecule has 0 aliphatic carbocycles. The van der Waals surface area contributed by atoms with Crippen LogP contribution >= 0.6 is 0 Å². The van der Waals surface area contributed by atoms with E-state index < -0.39 is 17.0 Å². The zero-order chi connectivity index (χ0) is 20.2. The molecule has 3 aromatic carbocycles. The first-order valence-corrected chi connectivity index (χ1v) is 8.86. The van der Waals surface area contributed by atoms with Crippen LogP contribution in [0, 0.1) is 10.1 Å². The minimum absolute atomic E-state index is 0.257.